The molecule has 6 N–H and O–H groups in total. The van der Waals surface area contributed by atoms with Gasteiger partial charge in [0.05, 0.1) is 85.1 Å². The molecule has 60 heavy (non-hydrogen) atoms. The van der Waals surface area contributed by atoms with Gasteiger partial charge in [0.15, 0.2) is 5.78 Å². The van der Waals surface area contributed by atoms with Crippen LogP contribution in [0.4, 0.5) is 0 Å². The first-order valence-electron chi connectivity index (χ1n) is 21.2. The van der Waals surface area contributed by atoms with Gasteiger partial charge < -0.3 is 50.2 Å². The number of carboxylic acid groups (broad SMARTS) is 3. The zero-order chi connectivity index (χ0) is 44.8. The van der Waals surface area contributed by atoms with E-state index in [4.69, 9.17) is 18.9 Å². The van der Waals surface area contributed by atoms with Crippen LogP contribution in [0.3, 0.4) is 0 Å². The highest BCUT2D eigenvalue weighted by Gasteiger charge is 2.29. The summed E-state index contributed by atoms with van der Waals surface area (Å²) >= 11 is 0. The van der Waals surface area contributed by atoms with Gasteiger partial charge in [0, 0.05) is 83.3 Å². The molecule has 0 bridgehead atoms. The normalized spacial score (nSPS) is 16.2. The van der Waals surface area contributed by atoms with Crippen LogP contribution in [0, 0.1) is 5.41 Å². The highest BCUT2D eigenvalue weighted by molar-refractivity contribution is 5.88. The van der Waals surface area contributed by atoms with Gasteiger partial charge in [-0.05, 0) is 19.3 Å². The molecule has 0 saturated carbocycles. The Kier molecular flexibility index (Phi) is 29.5. The highest BCUT2D eigenvalue weighted by atomic mass is 16.6. The number of rotatable bonds is 31. The fraction of sp³-hybridized carbons (Fsp3) is 0.850. The van der Waals surface area contributed by atoms with Gasteiger partial charge in [0.1, 0.15) is 0 Å². The summed E-state index contributed by atoms with van der Waals surface area (Å²) in [6.07, 6.45) is 2.62. The van der Waals surface area contributed by atoms with Crippen LogP contribution in [0.25, 0.3) is 0 Å². The molecule has 1 heterocycles. The van der Waals surface area contributed by atoms with Crippen molar-refractivity contribution < 1.29 is 63.0 Å². The minimum absolute atomic E-state index is 0.0256. The molecule has 0 spiro atoms. The van der Waals surface area contributed by atoms with Gasteiger partial charge in [-0.15, -0.1) is 0 Å². The average Bonchev–Trinajstić information content (AvgIpc) is 3.15. The first-order valence-corrected chi connectivity index (χ1v) is 21.2. The van der Waals surface area contributed by atoms with Crippen molar-refractivity contribution in [1.29, 1.82) is 0 Å². The predicted molar refractivity (Wildman–Crippen MR) is 223 cm³/mol. The Balaban J connectivity index is 2.18. The van der Waals surface area contributed by atoms with Crippen molar-refractivity contribution in [2.24, 2.45) is 5.41 Å². The standard InChI is InChI=1S/C40H75N7O13/c1-32(2)43-33(39(56)40(3,4)5)8-6-7-10-41-34(48)9-20-57-22-24-59-26-27-60-25-23-58-21-11-42-35(49)28-44-12-14-45(29-36(50)51)16-18-47(31-38(54)55)19-17-46(15-13-44)30-37(52)53/h32-33,43H,6-31H2,1-5H3,(H,41,48)(H,42,49)(H,50,51)(H,52,53)(H,54,55)/t33-/m1/s1. The third-order valence-electron chi connectivity index (χ3n) is 9.36. The molecule has 0 aromatic carbocycles. The Labute approximate surface area is 355 Å². The summed E-state index contributed by atoms with van der Waals surface area (Å²) in [5, 5.41) is 37.2. The number of amides is 2. The van der Waals surface area contributed by atoms with Crippen LogP contribution < -0.4 is 16.0 Å². The lowest BCUT2D eigenvalue weighted by atomic mass is 9.84. The van der Waals surface area contributed by atoms with E-state index in [1.54, 1.807) is 14.7 Å². The van der Waals surface area contributed by atoms with Crippen molar-refractivity contribution in [1.82, 2.24) is 35.6 Å². The van der Waals surface area contributed by atoms with Gasteiger partial charge in [-0.1, -0.05) is 34.6 Å². The first kappa shape index (κ1) is 54.7. The van der Waals surface area contributed by atoms with Crippen LogP contribution in [-0.2, 0) is 47.7 Å². The molecule has 2 amide bonds. The van der Waals surface area contributed by atoms with Gasteiger partial charge in [-0.25, -0.2) is 0 Å². The zero-order valence-corrected chi connectivity index (χ0v) is 36.8. The van der Waals surface area contributed by atoms with Crippen LogP contribution in [0.1, 0.15) is 60.3 Å². The molecule has 0 aromatic heterocycles. The lowest BCUT2D eigenvalue weighted by molar-refractivity contribution is -0.140. The number of aliphatic carboxylic acids is 3. The Morgan fingerprint density at radius 3 is 1.32 bits per heavy atom. The molecular formula is C40H75N7O13. The van der Waals surface area contributed by atoms with Gasteiger partial charge in [-0.3, -0.25) is 48.4 Å². The Hall–Kier alpha value is -3.34. The van der Waals surface area contributed by atoms with Crippen LogP contribution in [0.2, 0.25) is 0 Å². The predicted octanol–water partition coefficient (Wildman–Crippen LogP) is -0.697. The number of carbonyl (C=O) groups is 6. The van der Waals surface area contributed by atoms with Crippen molar-refractivity contribution in [3.05, 3.63) is 0 Å². The molecule has 1 aliphatic heterocycles. The number of carbonyl (C=O) groups excluding carboxylic acids is 3. The van der Waals surface area contributed by atoms with Crippen molar-refractivity contribution in [3.63, 3.8) is 0 Å². The largest absolute Gasteiger partial charge is 0.480 e. The van der Waals surface area contributed by atoms with E-state index in [2.05, 4.69) is 16.0 Å². The second-order valence-corrected chi connectivity index (χ2v) is 16.2. The maximum absolute atomic E-state index is 12.8. The summed E-state index contributed by atoms with van der Waals surface area (Å²) in [4.78, 5) is 78.9. The second kappa shape index (κ2) is 32.4. The molecule has 20 nitrogen and oxygen atoms in total. The molecule has 0 aliphatic carbocycles. The van der Waals surface area contributed by atoms with E-state index in [0.29, 0.717) is 105 Å². The Bertz CT molecular complexity index is 1220. The smallest absolute Gasteiger partial charge is 0.317 e. The summed E-state index contributed by atoms with van der Waals surface area (Å²) in [6, 6.07) is 0.0311. The average molecular weight is 862 g/mol. The van der Waals surface area contributed by atoms with Crippen molar-refractivity contribution in [3.8, 4) is 0 Å². The Morgan fingerprint density at radius 1 is 0.533 bits per heavy atom. The first-order chi connectivity index (χ1) is 28.5. The molecular weight excluding hydrogens is 786 g/mol. The molecule has 0 aromatic rings. The summed E-state index contributed by atoms with van der Waals surface area (Å²) < 4.78 is 22.0. The van der Waals surface area contributed by atoms with Crippen LogP contribution in [-0.4, -0.2) is 227 Å². The minimum atomic E-state index is -1.02. The van der Waals surface area contributed by atoms with E-state index in [-0.39, 0.29) is 75.4 Å². The molecule has 0 unspecified atom stereocenters. The number of hydrogen-bond acceptors (Lipinski definition) is 15. The minimum Gasteiger partial charge on any atom is -0.480 e. The quantitative estimate of drug-likeness (QED) is 0.0472. The summed E-state index contributed by atoms with van der Waals surface area (Å²) in [7, 11) is 0. The fourth-order valence-electron chi connectivity index (χ4n) is 6.24. The maximum atomic E-state index is 12.8. The van der Waals surface area contributed by atoms with Gasteiger partial charge in [-0.2, -0.15) is 0 Å². The van der Waals surface area contributed by atoms with Crippen LogP contribution in [0.15, 0.2) is 0 Å². The van der Waals surface area contributed by atoms with E-state index in [1.165, 1.54) is 0 Å². The molecule has 1 saturated heterocycles. The number of hydrogen-bond donors (Lipinski definition) is 6. The van der Waals surface area contributed by atoms with Crippen LogP contribution >= 0.6 is 0 Å². The van der Waals surface area contributed by atoms with Gasteiger partial charge in [0.2, 0.25) is 11.8 Å². The molecule has 20 heteroatoms. The third-order valence-corrected chi connectivity index (χ3v) is 9.36. The number of ketones is 1. The molecule has 1 rings (SSSR count). The molecule has 0 radical (unpaired) electrons. The van der Waals surface area contributed by atoms with Crippen molar-refractivity contribution in [2.75, 3.05) is 144 Å². The van der Waals surface area contributed by atoms with E-state index in [1.807, 2.05) is 39.5 Å². The summed E-state index contributed by atoms with van der Waals surface area (Å²) in [5.41, 5.74) is -0.404. The second-order valence-electron chi connectivity index (χ2n) is 16.2. The summed E-state index contributed by atoms with van der Waals surface area (Å²) in [5.74, 6) is -3.18. The van der Waals surface area contributed by atoms with E-state index in [0.717, 1.165) is 19.3 Å². The monoisotopic (exact) mass is 862 g/mol. The number of unbranched alkanes of at least 4 members (excludes halogenated alkanes) is 1. The molecule has 1 atom stereocenters. The van der Waals surface area contributed by atoms with Crippen LogP contribution in [0.5, 0.6) is 0 Å². The lowest BCUT2D eigenvalue weighted by Crippen LogP contribution is -2.50. The number of nitrogens with zero attached hydrogens (tertiary/aromatic N) is 4. The van der Waals surface area contributed by atoms with Gasteiger partial charge >= 0.3 is 17.9 Å². The molecule has 1 aliphatic rings. The van der Waals surface area contributed by atoms with E-state index >= 15 is 0 Å². The third kappa shape index (κ3) is 29.8. The zero-order valence-electron chi connectivity index (χ0n) is 36.8. The Morgan fingerprint density at radius 2 is 0.917 bits per heavy atom. The number of ether oxygens (including phenoxy) is 4. The SMILES string of the molecule is CC(C)N[C@H](CCCCNC(=O)CCOCCOCCOCCOCCNC(=O)CN1CCN(CC(=O)O)CCN(CC(=O)O)CCN(CC(=O)O)CC1)C(=O)C(C)(C)C. The highest BCUT2D eigenvalue weighted by Crippen LogP contribution is 2.20. The van der Waals surface area contributed by atoms with Crippen molar-refractivity contribution in [2.45, 2.75) is 72.4 Å². The number of nitrogens with one attached hydrogen (secondary N) is 3. The fourth-order valence-corrected chi connectivity index (χ4v) is 6.24. The maximum Gasteiger partial charge on any atom is 0.317 e. The van der Waals surface area contributed by atoms with E-state index < -0.39 is 23.3 Å². The number of Topliss-reactive ketones (excluding diaryl/α,β-unsaturated/α-hetero) is 1. The summed E-state index contributed by atoms with van der Waals surface area (Å²) in [6.45, 7) is 15.2. The molecule has 348 valence electrons. The van der Waals surface area contributed by atoms with Crippen molar-refractivity contribution >= 4 is 35.5 Å². The van der Waals surface area contributed by atoms with Gasteiger partial charge in [0.25, 0.3) is 0 Å². The van der Waals surface area contributed by atoms with E-state index in [9.17, 15) is 44.1 Å². The lowest BCUT2D eigenvalue weighted by Gasteiger charge is -2.32. The molecule has 1 fully saturated rings. The topological polar surface area (TPSA) is 249 Å². The number of carboxylic acids is 3.